The predicted molar refractivity (Wildman–Crippen MR) is 59.0 cm³/mol. The SMILES string of the molecule is COCCCOCCn1cnc(C)c1C. The molecule has 86 valence electrons. The van der Waals surface area contributed by atoms with Crippen molar-refractivity contribution in [1.82, 2.24) is 9.55 Å². The number of methoxy groups -OCH3 is 1. The van der Waals surface area contributed by atoms with E-state index in [1.165, 1.54) is 5.69 Å². The third-order valence-electron chi connectivity index (χ3n) is 2.46. The van der Waals surface area contributed by atoms with Crippen molar-refractivity contribution in [3.63, 3.8) is 0 Å². The topological polar surface area (TPSA) is 36.3 Å². The van der Waals surface area contributed by atoms with Gasteiger partial charge in [0.05, 0.1) is 18.6 Å². The Balaban J connectivity index is 2.12. The molecule has 0 atom stereocenters. The summed E-state index contributed by atoms with van der Waals surface area (Å²) in [6, 6.07) is 0. The van der Waals surface area contributed by atoms with Crippen LogP contribution in [0.2, 0.25) is 0 Å². The standard InChI is InChI=1S/C11H20N2O2/c1-10-11(2)13(9-12-10)5-8-15-7-4-6-14-3/h9H,4-8H2,1-3H3. The summed E-state index contributed by atoms with van der Waals surface area (Å²) in [5.41, 5.74) is 2.31. The molecule has 15 heavy (non-hydrogen) atoms. The number of rotatable bonds is 7. The van der Waals surface area contributed by atoms with Crippen molar-refractivity contribution in [3.8, 4) is 0 Å². The molecule has 0 aromatic carbocycles. The fraction of sp³-hybridized carbons (Fsp3) is 0.727. The van der Waals surface area contributed by atoms with Gasteiger partial charge in [0.25, 0.3) is 0 Å². The zero-order chi connectivity index (χ0) is 11.1. The lowest BCUT2D eigenvalue weighted by molar-refractivity contribution is 0.0974. The van der Waals surface area contributed by atoms with Crippen LogP contribution in [0.15, 0.2) is 6.33 Å². The normalized spacial score (nSPS) is 10.9. The molecule has 4 heteroatoms. The Morgan fingerprint density at radius 1 is 1.27 bits per heavy atom. The summed E-state index contributed by atoms with van der Waals surface area (Å²) in [6.07, 6.45) is 2.82. The van der Waals surface area contributed by atoms with Gasteiger partial charge >= 0.3 is 0 Å². The number of ether oxygens (including phenoxy) is 2. The Hall–Kier alpha value is -0.870. The fourth-order valence-electron chi connectivity index (χ4n) is 1.34. The molecule has 0 fully saturated rings. The van der Waals surface area contributed by atoms with Crippen molar-refractivity contribution < 1.29 is 9.47 Å². The molecule has 0 saturated heterocycles. The molecule has 0 unspecified atom stereocenters. The molecule has 1 heterocycles. The van der Waals surface area contributed by atoms with Crippen molar-refractivity contribution in [3.05, 3.63) is 17.7 Å². The van der Waals surface area contributed by atoms with Crippen LogP contribution in [-0.4, -0.2) is 36.5 Å². The Morgan fingerprint density at radius 3 is 2.67 bits per heavy atom. The molecule has 0 spiro atoms. The third-order valence-corrected chi connectivity index (χ3v) is 2.46. The van der Waals surface area contributed by atoms with E-state index in [9.17, 15) is 0 Å². The van der Waals surface area contributed by atoms with Crippen molar-refractivity contribution >= 4 is 0 Å². The Bertz CT molecular complexity index is 284. The van der Waals surface area contributed by atoms with E-state index in [1.54, 1.807) is 7.11 Å². The van der Waals surface area contributed by atoms with E-state index in [0.29, 0.717) is 0 Å². The van der Waals surface area contributed by atoms with Crippen LogP contribution in [0.1, 0.15) is 17.8 Å². The van der Waals surface area contributed by atoms with Crippen molar-refractivity contribution in [1.29, 1.82) is 0 Å². The molecule has 1 aromatic heterocycles. The minimum Gasteiger partial charge on any atom is -0.385 e. The molecule has 0 N–H and O–H groups in total. The third kappa shape index (κ3) is 4.01. The van der Waals surface area contributed by atoms with Gasteiger partial charge in [-0.3, -0.25) is 0 Å². The van der Waals surface area contributed by atoms with Crippen LogP contribution in [0.3, 0.4) is 0 Å². The molecule has 0 saturated carbocycles. The minimum absolute atomic E-state index is 0.736. The van der Waals surface area contributed by atoms with Gasteiger partial charge in [0.2, 0.25) is 0 Å². The van der Waals surface area contributed by atoms with E-state index in [1.807, 2.05) is 13.3 Å². The van der Waals surface area contributed by atoms with Crippen LogP contribution in [0.25, 0.3) is 0 Å². The first kappa shape index (κ1) is 12.2. The van der Waals surface area contributed by atoms with Crippen LogP contribution in [0, 0.1) is 13.8 Å². The number of hydrogen-bond donors (Lipinski definition) is 0. The van der Waals surface area contributed by atoms with Gasteiger partial charge in [0, 0.05) is 32.6 Å². The maximum atomic E-state index is 5.48. The predicted octanol–water partition coefficient (Wildman–Crippen LogP) is 1.55. The van der Waals surface area contributed by atoms with E-state index in [2.05, 4.69) is 16.5 Å². The van der Waals surface area contributed by atoms with Crippen LogP contribution in [0.4, 0.5) is 0 Å². The molecule has 4 nitrogen and oxygen atoms in total. The van der Waals surface area contributed by atoms with Crippen LogP contribution in [0.5, 0.6) is 0 Å². The summed E-state index contributed by atoms with van der Waals surface area (Å²) in [4.78, 5) is 4.23. The average Bonchev–Trinajstić information content (AvgIpc) is 2.54. The molecule has 0 radical (unpaired) electrons. The lowest BCUT2D eigenvalue weighted by Crippen LogP contribution is -2.08. The van der Waals surface area contributed by atoms with Gasteiger partial charge in [-0.2, -0.15) is 0 Å². The smallest absolute Gasteiger partial charge is 0.0952 e. The second kappa shape index (κ2) is 6.58. The van der Waals surface area contributed by atoms with Gasteiger partial charge in [0.15, 0.2) is 0 Å². The molecular formula is C11H20N2O2. The summed E-state index contributed by atoms with van der Waals surface area (Å²) in [5, 5.41) is 0. The highest BCUT2D eigenvalue weighted by Gasteiger charge is 2.00. The van der Waals surface area contributed by atoms with Crippen molar-refractivity contribution in [2.45, 2.75) is 26.8 Å². The van der Waals surface area contributed by atoms with Crippen molar-refractivity contribution in [2.75, 3.05) is 26.9 Å². The summed E-state index contributed by atoms with van der Waals surface area (Å²) in [6.45, 7) is 7.24. The molecule has 1 aromatic rings. The van der Waals surface area contributed by atoms with E-state index in [-0.39, 0.29) is 0 Å². The first-order chi connectivity index (χ1) is 7.25. The minimum atomic E-state index is 0.736. The first-order valence-corrected chi connectivity index (χ1v) is 5.30. The number of nitrogens with zero attached hydrogens (tertiary/aromatic N) is 2. The zero-order valence-corrected chi connectivity index (χ0v) is 9.82. The maximum absolute atomic E-state index is 5.48. The summed E-state index contributed by atoms with van der Waals surface area (Å²) in [5.74, 6) is 0. The lowest BCUT2D eigenvalue weighted by Gasteiger charge is -2.06. The number of aromatic nitrogens is 2. The van der Waals surface area contributed by atoms with E-state index >= 15 is 0 Å². The molecular weight excluding hydrogens is 192 g/mol. The number of hydrogen-bond acceptors (Lipinski definition) is 3. The number of aryl methyl sites for hydroxylation is 1. The van der Waals surface area contributed by atoms with Gasteiger partial charge in [-0.25, -0.2) is 4.98 Å². The van der Waals surface area contributed by atoms with Crippen LogP contribution < -0.4 is 0 Å². The average molecular weight is 212 g/mol. The molecule has 0 amide bonds. The molecule has 0 aliphatic heterocycles. The van der Waals surface area contributed by atoms with E-state index < -0.39 is 0 Å². The maximum Gasteiger partial charge on any atom is 0.0952 e. The highest BCUT2D eigenvalue weighted by molar-refractivity contribution is 5.08. The summed E-state index contributed by atoms with van der Waals surface area (Å²) >= 11 is 0. The Kier molecular flexibility index (Phi) is 5.36. The van der Waals surface area contributed by atoms with Crippen molar-refractivity contribution in [2.24, 2.45) is 0 Å². The number of imidazole rings is 1. The summed E-state index contributed by atoms with van der Waals surface area (Å²) in [7, 11) is 1.71. The summed E-state index contributed by atoms with van der Waals surface area (Å²) < 4.78 is 12.5. The zero-order valence-electron chi connectivity index (χ0n) is 9.82. The molecule has 1 rings (SSSR count). The lowest BCUT2D eigenvalue weighted by atomic mass is 10.4. The highest BCUT2D eigenvalue weighted by Crippen LogP contribution is 2.03. The second-order valence-corrected chi connectivity index (χ2v) is 3.57. The van der Waals surface area contributed by atoms with Crippen LogP contribution in [-0.2, 0) is 16.0 Å². The first-order valence-electron chi connectivity index (χ1n) is 5.30. The molecule has 0 aliphatic rings. The molecule has 0 aliphatic carbocycles. The van der Waals surface area contributed by atoms with E-state index in [0.717, 1.165) is 38.5 Å². The quantitative estimate of drug-likeness (QED) is 0.643. The Labute approximate surface area is 91.2 Å². The largest absolute Gasteiger partial charge is 0.385 e. The monoisotopic (exact) mass is 212 g/mol. The van der Waals surface area contributed by atoms with Gasteiger partial charge in [-0.1, -0.05) is 0 Å². The van der Waals surface area contributed by atoms with Crippen LogP contribution >= 0.6 is 0 Å². The van der Waals surface area contributed by atoms with E-state index in [4.69, 9.17) is 9.47 Å². The van der Waals surface area contributed by atoms with Gasteiger partial charge in [0.1, 0.15) is 0 Å². The van der Waals surface area contributed by atoms with Gasteiger partial charge in [-0.15, -0.1) is 0 Å². The highest BCUT2D eigenvalue weighted by atomic mass is 16.5. The second-order valence-electron chi connectivity index (χ2n) is 3.57. The fourth-order valence-corrected chi connectivity index (χ4v) is 1.34. The van der Waals surface area contributed by atoms with Gasteiger partial charge in [-0.05, 0) is 20.3 Å². The molecule has 0 bridgehead atoms. The van der Waals surface area contributed by atoms with Gasteiger partial charge < -0.3 is 14.0 Å². The Morgan fingerprint density at radius 2 is 2.07 bits per heavy atom.